The van der Waals surface area contributed by atoms with Gasteiger partial charge in [-0.15, -0.1) is 11.3 Å². The summed E-state index contributed by atoms with van der Waals surface area (Å²) in [6, 6.07) is 14.0. The Morgan fingerprint density at radius 2 is 1.68 bits per heavy atom. The quantitative estimate of drug-likeness (QED) is 0.341. The molecule has 37 heavy (non-hydrogen) atoms. The monoisotopic (exact) mass is 521 g/mol. The van der Waals surface area contributed by atoms with Crippen LogP contribution >= 0.6 is 11.3 Å². The van der Waals surface area contributed by atoms with E-state index in [1.807, 2.05) is 50.4 Å². The van der Waals surface area contributed by atoms with Gasteiger partial charge in [0.15, 0.2) is 0 Å². The first-order chi connectivity index (χ1) is 17.8. The van der Waals surface area contributed by atoms with Crippen molar-refractivity contribution in [2.24, 2.45) is 0 Å². The van der Waals surface area contributed by atoms with Gasteiger partial charge < -0.3 is 15.1 Å². The molecule has 7 heteroatoms. The second kappa shape index (κ2) is 12.4. The van der Waals surface area contributed by atoms with Crippen LogP contribution in [0.1, 0.15) is 59.2 Å². The lowest BCUT2D eigenvalue weighted by Crippen LogP contribution is -2.49. The molecule has 0 spiro atoms. The molecule has 0 saturated heterocycles. The van der Waals surface area contributed by atoms with Gasteiger partial charge in [-0.25, -0.2) is 9.18 Å². The zero-order valence-electron chi connectivity index (χ0n) is 21.9. The van der Waals surface area contributed by atoms with Crippen molar-refractivity contribution in [3.05, 3.63) is 86.9 Å². The number of aryl methyl sites for hydroxylation is 2. The van der Waals surface area contributed by atoms with E-state index in [-0.39, 0.29) is 30.3 Å². The van der Waals surface area contributed by atoms with E-state index < -0.39 is 0 Å². The van der Waals surface area contributed by atoms with Gasteiger partial charge in [0, 0.05) is 23.2 Å². The third-order valence-electron chi connectivity index (χ3n) is 7.37. The smallest absolute Gasteiger partial charge is 0.322 e. The first-order valence-corrected chi connectivity index (χ1v) is 13.9. The Morgan fingerprint density at radius 3 is 2.35 bits per heavy atom. The molecule has 2 aromatic carbocycles. The molecule has 0 unspecified atom stereocenters. The minimum absolute atomic E-state index is 0.00693. The Balaban J connectivity index is 1.57. The maximum atomic E-state index is 13.8. The van der Waals surface area contributed by atoms with E-state index >= 15 is 0 Å². The summed E-state index contributed by atoms with van der Waals surface area (Å²) in [7, 11) is 0. The molecule has 5 nitrogen and oxygen atoms in total. The Morgan fingerprint density at radius 1 is 0.946 bits per heavy atom. The molecule has 0 bridgehead atoms. The SMILES string of the molecule is Cc1ccsc1CN(Cc1ccc(F)cc1)C(=O)CN(C(=O)Nc1cccc(C)c1C)C1CCCCC1. The fourth-order valence-electron chi connectivity index (χ4n) is 4.86. The largest absolute Gasteiger partial charge is 0.332 e. The minimum Gasteiger partial charge on any atom is -0.332 e. The molecule has 1 saturated carbocycles. The molecular formula is C30H36FN3O2S. The molecule has 1 aliphatic rings. The maximum absolute atomic E-state index is 13.8. The number of thiophene rings is 1. The molecule has 1 aromatic heterocycles. The van der Waals surface area contributed by atoms with Crippen LogP contribution in [0.4, 0.5) is 14.9 Å². The van der Waals surface area contributed by atoms with Gasteiger partial charge >= 0.3 is 6.03 Å². The van der Waals surface area contributed by atoms with E-state index in [4.69, 9.17) is 0 Å². The van der Waals surface area contributed by atoms with E-state index in [9.17, 15) is 14.0 Å². The molecule has 0 atom stereocenters. The first kappa shape index (κ1) is 26.9. The maximum Gasteiger partial charge on any atom is 0.322 e. The highest BCUT2D eigenvalue weighted by Crippen LogP contribution is 2.26. The standard InChI is InChI=1S/C30H36FN3O2S/c1-21-8-7-11-27(23(21)3)32-30(36)34(26-9-5-4-6-10-26)20-29(35)33(19-28-22(2)16-17-37-28)18-24-12-14-25(31)15-13-24/h7-8,11-17,26H,4-6,9-10,18-20H2,1-3H3,(H,32,36). The van der Waals surface area contributed by atoms with Crippen molar-refractivity contribution in [1.82, 2.24) is 9.80 Å². The number of hydrogen-bond donors (Lipinski definition) is 1. The molecule has 3 amide bonds. The molecular weight excluding hydrogens is 485 g/mol. The minimum atomic E-state index is -0.303. The topological polar surface area (TPSA) is 52.7 Å². The first-order valence-electron chi connectivity index (χ1n) is 13.0. The Kier molecular flexibility index (Phi) is 8.98. The number of anilines is 1. The second-order valence-corrected chi connectivity index (χ2v) is 11.0. The lowest BCUT2D eigenvalue weighted by atomic mass is 9.94. The number of amides is 3. The summed E-state index contributed by atoms with van der Waals surface area (Å²) in [5.41, 5.74) is 4.90. The zero-order valence-corrected chi connectivity index (χ0v) is 22.7. The van der Waals surface area contributed by atoms with E-state index in [0.29, 0.717) is 13.1 Å². The van der Waals surface area contributed by atoms with Gasteiger partial charge in [-0.2, -0.15) is 0 Å². The molecule has 1 N–H and O–H groups in total. The van der Waals surface area contributed by atoms with Crippen molar-refractivity contribution in [2.75, 3.05) is 11.9 Å². The lowest BCUT2D eigenvalue weighted by Gasteiger charge is -2.35. The average molecular weight is 522 g/mol. The number of carbonyl (C=O) groups excluding carboxylic acids is 2. The summed E-state index contributed by atoms with van der Waals surface area (Å²) in [4.78, 5) is 32.1. The van der Waals surface area contributed by atoms with Crippen molar-refractivity contribution in [1.29, 1.82) is 0 Å². The Hall–Kier alpha value is -3.19. The van der Waals surface area contributed by atoms with Gasteiger partial charge in [0.05, 0.1) is 6.54 Å². The van der Waals surface area contributed by atoms with Crippen LogP contribution in [0, 0.1) is 26.6 Å². The average Bonchev–Trinajstić information content (AvgIpc) is 3.30. The van der Waals surface area contributed by atoms with Crippen molar-refractivity contribution in [3.8, 4) is 0 Å². The van der Waals surface area contributed by atoms with Crippen LogP contribution in [0.5, 0.6) is 0 Å². The third kappa shape index (κ3) is 6.98. The van der Waals surface area contributed by atoms with Gasteiger partial charge in [0.2, 0.25) is 5.91 Å². The number of carbonyl (C=O) groups is 2. The lowest BCUT2D eigenvalue weighted by molar-refractivity contribution is -0.133. The number of rotatable bonds is 8. The van der Waals surface area contributed by atoms with Gasteiger partial charge in [0.25, 0.3) is 0 Å². The van der Waals surface area contributed by atoms with Crippen LogP contribution in [0.15, 0.2) is 53.9 Å². The molecule has 1 aliphatic carbocycles. The van der Waals surface area contributed by atoms with Crippen LogP contribution in [-0.4, -0.2) is 34.3 Å². The number of nitrogens with zero attached hydrogens (tertiary/aromatic N) is 2. The zero-order chi connectivity index (χ0) is 26.4. The molecule has 3 aromatic rings. The van der Waals surface area contributed by atoms with Gasteiger partial charge in [0.1, 0.15) is 12.4 Å². The fraction of sp³-hybridized carbons (Fsp3) is 0.400. The number of nitrogens with one attached hydrogen (secondary N) is 1. The van der Waals surface area contributed by atoms with E-state index in [2.05, 4.69) is 5.32 Å². The highest BCUT2D eigenvalue weighted by atomic mass is 32.1. The van der Waals surface area contributed by atoms with Crippen molar-refractivity contribution in [3.63, 3.8) is 0 Å². The molecule has 196 valence electrons. The van der Waals surface area contributed by atoms with Gasteiger partial charge in [-0.3, -0.25) is 4.79 Å². The second-order valence-electron chi connectivity index (χ2n) is 10.0. The highest BCUT2D eigenvalue weighted by Gasteiger charge is 2.30. The fourth-order valence-corrected chi connectivity index (χ4v) is 5.78. The van der Waals surface area contributed by atoms with Crippen molar-refractivity contribution in [2.45, 2.75) is 72.0 Å². The van der Waals surface area contributed by atoms with Gasteiger partial charge in [-0.1, -0.05) is 43.5 Å². The molecule has 1 fully saturated rings. The Bertz CT molecular complexity index is 1220. The molecule has 0 radical (unpaired) electrons. The van der Waals surface area contributed by atoms with Crippen molar-refractivity contribution < 1.29 is 14.0 Å². The summed E-state index contributed by atoms with van der Waals surface area (Å²) in [6.07, 6.45) is 5.07. The van der Waals surface area contributed by atoms with Crippen LogP contribution < -0.4 is 5.32 Å². The molecule has 1 heterocycles. The predicted molar refractivity (Wildman–Crippen MR) is 148 cm³/mol. The van der Waals surface area contributed by atoms with Crippen molar-refractivity contribution >= 4 is 29.0 Å². The van der Waals surface area contributed by atoms with E-state index in [1.165, 1.54) is 12.1 Å². The molecule has 0 aliphatic heterocycles. The number of halogens is 1. The predicted octanol–water partition coefficient (Wildman–Crippen LogP) is 7.21. The Labute approximate surface area is 223 Å². The highest BCUT2D eigenvalue weighted by molar-refractivity contribution is 7.10. The molecule has 4 rings (SSSR count). The van der Waals surface area contributed by atoms with Gasteiger partial charge in [-0.05, 0) is 85.5 Å². The summed E-state index contributed by atoms with van der Waals surface area (Å²) in [5.74, 6) is -0.416. The summed E-state index contributed by atoms with van der Waals surface area (Å²) < 4.78 is 13.5. The third-order valence-corrected chi connectivity index (χ3v) is 8.38. The summed E-state index contributed by atoms with van der Waals surface area (Å²) >= 11 is 1.62. The summed E-state index contributed by atoms with van der Waals surface area (Å²) in [6.45, 7) is 6.87. The van der Waals surface area contributed by atoms with Crippen LogP contribution in [0.25, 0.3) is 0 Å². The van der Waals surface area contributed by atoms with Crippen LogP contribution in [0.3, 0.4) is 0 Å². The number of hydrogen-bond acceptors (Lipinski definition) is 3. The van der Waals surface area contributed by atoms with E-state index in [1.54, 1.807) is 33.3 Å². The normalized spacial score (nSPS) is 13.8. The van der Waals surface area contributed by atoms with Crippen LogP contribution in [0.2, 0.25) is 0 Å². The van der Waals surface area contributed by atoms with E-state index in [0.717, 1.165) is 64.9 Å². The van der Waals surface area contributed by atoms with Crippen LogP contribution in [-0.2, 0) is 17.9 Å². The number of urea groups is 1. The number of benzene rings is 2. The summed E-state index contributed by atoms with van der Waals surface area (Å²) in [5, 5.41) is 5.10.